The molecule has 3 nitrogen and oxygen atoms in total. The van der Waals surface area contributed by atoms with Crippen LogP contribution in [0, 0.1) is 6.92 Å². The number of oxazole rings is 1. The van der Waals surface area contributed by atoms with Crippen LogP contribution in [0.5, 0.6) is 0 Å². The van der Waals surface area contributed by atoms with Gasteiger partial charge >= 0.3 is 0 Å². The van der Waals surface area contributed by atoms with Crippen LogP contribution < -0.4 is 0 Å². The third-order valence-electron chi connectivity index (χ3n) is 2.35. The Morgan fingerprint density at radius 1 is 1.50 bits per heavy atom. The van der Waals surface area contributed by atoms with Crippen LogP contribution in [-0.4, -0.2) is 16.0 Å². The number of hydrogen-bond donors (Lipinski definition) is 0. The minimum absolute atomic E-state index is 0.0124. The summed E-state index contributed by atoms with van der Waals surface area (Å²) < 4.78 is 5.22. The van der Waals surface area contributed by atoms with Gasteiger partial charge in [0.2, 0.25) is 0 Å². The van der Waals surface area contributed by atoms with Gasteiger partial charge in [-0.3, -0.25) is 4.79 Å². The van der Waals surface area contributed by atoms with Crippen molar-refractivity contribution in [1.82, 2.24) is 4.98 Å². The number of carbonyl (C=O) groups excluding carboxylic acids is 1. The van der Waals surface area contributed by atoms with Gasteiger partial charge in [-0.15, -0.1) is 0 Å². The molecule has 1 aromatic heterocycles. The van der Waals surface area contributed by atoms with E-state index in [1.807, 2.05) is 13.8 Å². The van der Waals surface area contributed by atoms with Gasteiger partial charge in [-0.05, 0) is 26.0 Å². The Kier molecular flexibility index (Phi) is 4.09. The van der Waals surface area contributed by atoms with E-state index < -0.39 is 0 Å². The van der Waals surface area contributed by atoms with Crippen LogP contribution in [0.3, 0.4) is 0 Å². The van der Waals surface area contributed by atoms with E-state index in [1.54, 1.807) is 30.5 Å². The minimum atomic E-state index is -0.262. The molecular formula is C13H12ClNO2S. The summed E-state index contributed by atoms with van der Waals surface area (Å²) in [6.45, 7) is 3.67. The first-order valence-corrected chi connectivity index (χ1v) is 6.70. The average molecular weight is 282 g/mol. The Morgan fingerprint density at radius 2 is 2.28 bits per heavy atom. The van der Waals surface area contributed by atoms with Crippen molar-refractivity contribution in [2.75, 3.05) is 0 Å². The van der Waals surface area contributed by atoms with Gasteiger partial charge in [-0.2, -0.15) is 0 Å². The number of aryl methyl sites for hydroxylation is 1. The molecule has 0 aliphatic heterocycles. The summed E-state index contributed by atoms with van der Waals surface area (Å²) in [6.07, 6.45) is 1.57. The molecule has 1 aromatic carbocycles. The molecule has 0 amide bonds. The predicted octanol–water partition coefficient (Wildman–Crippen LogP) is 4.00. The fourth-order valence-electron chi connectivity index (χ4n) is 1.47. The zero-order chi connectivity index (χ0) is 13.1. The van der Waals surface area contributed by atoms with Crippen molar-refractivity contribution in [2.24, 2.45) is 0 Å². The van der Waals surface area contributed by atoms with E-state index in [0.29, 0.717) is 15.8 Å². The smallest absolute Gasteiger partial charge is 0.256 e. The second-order valence-electron chi connectivity index (χ2n) is 3.89. The largest absolute Gasteiger partial charge is 0.440 e. The van der Waals surface area contributed by atoms with Crippen LogP contribution in [-0.2, 0) is 0 Å². The zero-order valence-corrected chi connectivity index (χ0v) is 11.6. The Balaban J connectivity index is 2.09. The van der Waals surface area contributed by atoms with E-state index in [4.69, 9.17) is 16.0 Å². The van der Waals surface area contributed by atoms with Gasteiger partial charge in [0.05, 0.1) is 10.9 Å². The van der Waals surface area contributed by atoms with E-state index >= 15 is 0 Å². The predicted molar refractivity (Wildman–Crippen MR) is 72.3 cm³/mol. The summed E-state index contributed by atoms with van der Waals surface area (Å²) in [5.41, 5.74) is 1.41. The third kappa shape index (κ3) is 3.15. The van der Waals surface area contributed by atoms with E-state index in [1.165, 1.54) is 11.8 Å². The van der Waals surface area contributed by atoms with E-state index in [2.05, 4.69) is 4.98 Å². The van der Waals surface area contributed by atoms with Crippen molar-refractivity contribution < 1.29 is 9.21 Å². The fraction of sp³-hybridized carbons (Fsp3) is 0.231. The Labute approximate surface area is 115 Å². The summed E-state index contributed by atoms with van der Waals surface area (Å²) in [7, 11) is 0. The standard InChI is InChI=1S/C13H12ClNO2S/c1-8-7-17-13(15-8)18-9(2)12(16)10-4-3-5-11(14)6-10/h3-7,9H,1-2H3. The molecule has 94 valence electrons. The van der Waals surface area contributed by atoms with Crippen LogP contribution in [0.1, 0.15) is 23.0 Å². The molecule has 0 spiro atoms. The monoisotopic (exact) mass is 281 g/mol. The minimum Gasteiger partial charge on any atom is -0.440 e. The van der Waals surface area contributed by atoms with Crippen LogP contribution in [0.15, 0.2) is 40.2 Å². The lowest BCUT2D eigenvalue weighted by Gasteiger charge is -2.07. The number of benzene rings is 1. The summed E-state index contributed by atoms with van der Waals surface area (Å²) in [6, 6.07) is 6.93. The summed E-state index contributed by atoms with van der Waals surface area (Å²) in [5.74, 6) is 0.0124. The Bertz CT molecular complexity index is 568. The number of rotatable bonds is 4. The van der Waals surface area contributed by atoms with Crippen LogP contribution in [0.25, 0.3) is 0 Å². The fourth-order valence-corrected chi connectivity index (χ4v) is 2.50. The van der Waals surface area contributed by atoms with Crippen molar-refractivity contribution in [3.05, 3.63) is 46.8 Å². The molecule has 0 radical (unpaired) electrons. The van der Waals surface area contributed by atoms with Crippen LogP contribution in [0.4, 0.5) is 0 Å². The number of halogens is 1. The molecule has 2 rings (SSSR count). The molecule has 1 atom stereocenters. The number of Topliss-reactive ketones (excluding diaryl/α,β-unsaturated/α-hetero) is 1. The molecule has 18 heavy (non-hydrogen) atoms. The number of thioether (sulfide) groups is 1. The number of aromatic nitrogens is 1. The van der Waals surface area contributed by atoms with Crippen LogP contribution >= 0.6 is 23.4 Å². The van der Waals surface area contributed by atoms with Gasteiger partial charge in [0, 0.05) is 10.6 Å². The molecule has 0 saturated heterocycles. The topological polar surface area (TPSA) is 43.1 Å². The lowest BCUT2D eigenvalue weighted by molar-refractivity contribution is 0.0993. The molecule has 0 N–H and O–H groups in total. The average Bonchev–Trinajstić information content (AvgIpc) is 2.73. The Morgan fingerprint density at radius 3 is 2.89 bits per heavy atom. The van der Waals surface area contributed by atoms with Gasteiger partial charge in [-0.25, -0.2) is 4.98 Å². The molecule has 1 heterocycles. The second kappa shape index (κ2) is 5.59. The highest BCUT2D eigenvalue weighted by molar-refractivity contribution is 8.00. The molecule has 0 saturated carbocycles. The number of ketones is 1. The van der Waals surface area contributed by atoms with Crippen molar-refractivity contribution in [2.45, 2.75) is 24.3 Å². The SMILES string of the molecule is Cc1coc(SC(C)C(=O)c2cccc(Cl)c2)n1. The zero-order valence-electron chi connectivity index (χ0n) is 10.0. The lowest BCUT2D eigenvalue weighted by Crippen LogP contribution is -2.13. The molecule has 0 aliphatic carbocycles. The maximum Gasteiger partial charge on any atom is 0.256 e. The van der Waals surface area contributed by atoms with E-state index in [0.717, 1.165) is 5.69 Å². The quantitative estimate of drug-likeness (QED) is 0.627. The summed E-state index contributed by atoms with van der Waals surface area (Å²) >= 11 is 7.17. The summed E-state index contributed by atoms with van der Waals surface area (Å²) in [4.78, 5) is 16.3. The number of nitrogens with zero attached hydrogens (tertiary/aromatic N) is 1. The maximum absolute atomic E-state index is 12.2. The normalized spacial score (nSPS) is 12.4. The number of hydrogen-bond acceptors (Lipinski definition) is 4. The molecule has 0 fully saturated rings. The second-order valence-corrected chi connectivity index (χ2v) is 5.62. The molecule has 2 aromatic rings. The highest BCUT2D eigenvalue weighted by Gasteiger charge is 2.18. The first-order valence-electron chi connectivity index (χ1n) is 5.45. The van der Waals surface area contributed by atoms with Gasteiger partial charge in [0.15, 0.2) is 5.78 Å². The molecule has 5 heteroatoms. The van der Waals surface area contributed by atoms with E-state index in [-0.39, 0.29) is 11.0 Å². The first-order chi connectivity index (χ1) is 8.56. The van der Waals surface area contributed by atoms with E-state index in [9.17, 15) is 4.79 Å². The third-order valence-corrected chi connectivity index (χ3v) is 3.55. The van der Waals surface area contributed by atoms with Gasteiger partial charge < -0.3 is 4.42 Å². The Hall–Kier alpha value is -1.26. The van der Waals surface area contributed by atoms with Crippen molar-refractivity contribution in [3.8, 4) is 0 Å². The lowest BCUT2D eigenvalue weighted by atomic mass is 10.1. The summed E-state index contributed by atoms with van der Waals surface area (Å²) in [5, 5.41) is 0.807. The van der Waals surface area contributed by atoms with Gasteiger partial charge in [-0.1, -0.05) is 35.5 Å². The van der Waals surface area contributed by atoms with Gasteiger partial charge in [0.25, 0.3) is 5.22 Å². The van der Waals surface area contributed by atoms with Crippen molar-refractivity contribution in [1.29, 1.82) is 0 Å². The molecule has 1 unspecified atom stereocenters. The van der Waals surface area contributed by atoms with Gasteiger partial charge in [0.1, 0.15) is 6.26 Å². The highest BCUT2D eigenvalue weighted by atomic mass is 35.5. The highest BCUT2D eigenvalue weighted by Crippen LogP contribution is 2.25. The van der Waals surface area contributed by atoms with Crippen molar-refractivity contribution in [3.63, 3.8) is 0 Å². The molecule has 0 aliphatic rings. The first kappa shape index (κ1) is 13.2. The number of carbonyl (C=O) groups is 1. The molecular weight excluding hydrogens is 270 g/mol. The van der Waals surface area contributed by atoms with Crippen molar-refractivity contribution >= 4 is 29.1 Å². The molecule has 0 bridgehead atoms. The maximum atomic E-state index is 12.2. The van der Waals surface area contributed by atoms with Crippen LogP contribution in [0.2, 0.25) is 5.02 Å².